The van der Waals surface area contributed by atoms with Gasteiger partial charge in [-0.25, -0.2) is 8.78 Å². The first-order chi connectivity index (χ1) is 11.5. The monoisotopic (exact) mass is 333 g/mol. The van der Waals surface area contributed by atoms with Crippen LogP contribution in [0, 0.1) is 18.6 Å². The number of ether oxygens (including phenoxy) is 1. The zero-order valence-electron chi connectivity index (χ0n) is 13.2. The molecule has 3 rings (SSSR count). The number of carbonyl (C=O) groups is 1. The molecular weight excluding hydrogens is 316 g/mol. The highest BCUT2D eigenvalue weighted by molar-refractivity contribution is 5.94. The van der Waals surface area contributed by atoms with Gasteiger partial charge in [-0.05, 0) is 25.1 Å². The third kappa shape index (κ3) is 3.67. The van der Waals surface area contributed by atoms with Crippen LogP contribution < -0.4 is 4.74 Å². The fourth-order valence-corrected chi connectivity index (χ4v) is 2.63. The number of benzene rings is 1. The molecule has 0 N–H and O–H groups in total. The summed E-state index contributed by atoms with van der Waals surface area (Å²) in [5, 5.41) is 7.89. The highest BCUT2D eigenvalue weighted by Gasteiger charge is 2.26. The van der Waals surface area contributed by atoms with Crippen LogP contribution in [0.25, 0.3) is 0 Å². The number of aryl methyl sites for hydroxylation is 1. The Labute approximate surface area is 138 Å². The standard InChI is InChI=1S/C17H17F2N3O2/c1-11-2-5-16(21-20-11)24-13-6-8-22(9-7-13)17(23)14-4-3-12(18)10-15(14)19/h2-5,10,13H,6-9H2,1H3. The van der Waals surface area contributed by atoms with E-state index in [1.54, 1.807) is 11.0 Å². The van der Waals surface area contributed by atoms with Gasteiger partial charge in [-0.3, -0.25) is 4.79 Å². The highest BCUT2D eigenvalue weighted by Crippen LogP contribution is 2.20. The van der Waals surface area contributed by atoms with E-state index < -0.39 is 17.5 Å². The van der Waals surface area contributed by atoms with Crippen LogP contribution in [0.5, 0.6) is 5.88 Å². The van der Waals surface area contributed by atoms with E-state index in [0.29, 0.717) is 31.8 Å². The molecule has 0 atom stereocenters. The molecule has 1 fully saturated rings. The van der Waals surface area contributed by atoms with Crippen molar-refractivity contribution in [1.29, 1.82) is 0 Å². The topological polar surface area (TPSA) is 55.3 Å². The zero-order valence-corrected chi connectivity index (χ0v) is 13.2. The van der Waals surface area contributed by atoms with Gasteiger partial charge in [-0.1, -0.05) is 0 Å². The van der Waals surface area contributed by atoms with Crippen molar-refractivity contribution in [1.82, 2.24) is 15.1 Å². The molecule has 0 bridgehead atoms. The lowest BCUT2D eigenvalue weighted by molar-refractivity contribution is 0.0582. The minimum atomic E-state index is -0.840. The van der Waals surface area contributed by atoms with Crippen LogP contribution in [-0.4, -0.2) is 40.2 Å². The first kappa shape index (κ1) is 16.3. The van der Waals surface area contributed by atoms with Gasteiger partial charge in [0.1, 0.15) is 17.7 Å². The third-order valence-corrected chi connectivity index (χ3v) is 3.95. The Morgan fingerprint density at radius 1 is 1.17 bits per heavy atom. The van der Waals surface area contributed by atoms with Crippen molar-refractivity contribution in [3.05, 3.63) is 53.2 Å². The van der Waals surface area contributed by atoms with Gasteiger partial charge in [0.05, 0.1) is 11.3 Å². The molecule has 1 aliphatic heterocycles. The van der Waals surface area contributed by atoms with Gasteiger partial charge in [0.15, 0.2) is 0 Å². The van der Waals surface area contributed by atoms with Gasteiger partial charge in [0.25, 0.3) is 5.91 Å². The second kappa shape index (κ2) is 6.90. The molecule has 5 nitrogen and oxygen atoms in total. The molecule has 1 aromatic heterocycles. The molecule has 0 unspecified atom stereocenters. The Kier molecular flexibility index (Phi) is 4.69. The first-order valence-corrected chi connectivity index (χ1v) is 7.74. The van der Waals surface area contributed by atoms with Gasteiger partial charge in [0.2, 0.25) is 5.88 Å². The van der Waals surface area contributed by atoms with Gasteiger partial charge >= 0.3 is 0 Å². The molecule has 2 aromatic rings. The number of carbonyl (C=O) groups excluding carboxylic acids is 1. The van der Waals surface area contributed by atoms with Crippen molar-refractivity contribution in [3.8, 4) is 5.88 Å². The predicted molar refractivity (Wildman–Crippen MR) is 82.7 cm³/mol. The molecule has 0 aliphatic carbocycles. The molecule has 24 heavy (non-hydrogen) atoms. The number of hydrogen-bond acceptors (Lipinski definition) is 4. The molecule has 1 saturated heterocycles. The number of halogens is 2. The molecule has 2 heterocycles. The maximum Gasteiger partial charge on any atom is 0.256 e. The summed E-state index contributed by atoms with van der Waals surface area (Å²) in [4.78, 5) is 13.9. The zero-order chi connectivity index (χ0) is 17.1. The number of likely N-dealkylation sites (tertiary alicyclic amines) is 1. The van der Waals surface area contributed by atoms with E-state index in [2.05, 4.69) is 10.2 Å². The summed E-state index contributed by atoms with van der Waals surface area (Å²) < 4.78 is 32.4. The molecule has 0 radical (unpaired) electrons. The Balaban J connectivity index is 1.58. The van der Waals surface area contributed by atoms with Gasteiger partial charge in [-0.2, -0.15) is 5.10 Å². The molecule has 1 aliphatic rings. The third-order valence-electron chi connectivity index (χ3n) is 3.95. The molecular formula is C17H17F2N3O2. The maximum atomic E-state index is 13.7. The fourth-order valence-electron chi connectivity index (χ4n) is 2.63. The van der Waals surface area contributed by atoms with Crippen LogP contribution in [0.4, 0.5) is 8.78 Å². The van der Waals surface area contributed by atoms with Crippen molar-refractivity contribution < 1.29 is 18.3 Å². The second-order valence-corrected chi connectivity index (χ2v) is 5.75. The van der Waals surface area contributed by atoms with E-state index in [9.17, 15) is 13.6 Å². The van der Waals surface area contributed by atoms with E-state index in [1.165, 1.54) is 6.07 Å². The summed E-state index contributed by atoms with van der Waals surface area (Å²) in [5.74, 6) is -1.51. The van der Waals surface area contributed by atoms with Crippen molar-refractivity contribution in [2.45, 2.75) is 25.9 Å². The number of aromatic nitrogens is 2. The Bertz CT molecular complexity index is 729. The largest absolute Gasteiger partial charge is 0.473 e. The summed E-state index contributed by atoms with van der Waals surface area (Å²) in [5.41, 5.74) is 0.698. The van der Waals surface area contributed by atoms with E-state index in [1.807, 2.05) is 13.0 Å². The number of hydrogen-bond donors (Lipinski definition) is 0. The van der Waals surface area contributed by atoms with Crippen LogP contribution in [0.2, 0.25) is 0 Å². The Hall–Kier alpha value is -2.57. The van der Waals surface area contributed by atoms with Crippen LogP contribution in [-0.2, 0) is 0 Å². The van der Waals surface area contributed by atoms with E-state index in [-0.39, 0.29) is 11.7 Å². The van der Waals surface area contributed by atoms with Crippen molar-refractivity contribution in [2.24, 2.45) is 0 Å². The molecule has 0 spiro atoms. The Morgan fingerprint density at radius 3 is 2.54 bits per heavy atom. The minimum Gasteiger partial charge on any atom is -0.473 e. The number of piperidine rings is 1. The van der Waals surface area contributed by atoms with Crippen LogP contribution in [0.1, 0.15) is 28.9 Å². The van der Waals surface area contributed by atoms with Crippen molar-refractivity contribution in [2.75, 3.05) is 13.1 Å². The molecule has 0 saturated carbocycles. The summed E-state index contributed by atoms with van der Waals surface area (Å²) in [7, 11) is 0. The molecule has 1 aromatic carbocycles. The van der Waals surface area contributed by atoms with Gasteiger partial charge in [-0.15, -0.1) is 5.10 Å². The fraction of sp³-hybridized carbons (Fsp3) is 0.353. The number of amides is 1. The van der Waals surface area contributed by atoms with Gasteiger partial charge < -0.3 is 9.64 Å². The summed E-state index contributed by atoms with van der Waals surface area (Å²) in [6, 6.07) is 6.56. The van der Waals surface area contributed by atoms with Gasteiger partial charge in [0, 0.05) is 38.1 Å². The highest BCUT2D eigenvalue weighted by atomic mass is 19.1. The molecule has 126 valence electrons. The summed E-state index contributed by atoms with van der Waals surface area (Å²) in [6.07, 6.45) is 1.16. The lowest BCUT2D eigenvalue weighted by Crippen LogP contribution is -2.42. The minimum absolute atomic E-state index is 0.0656. The number of rotatable bonds is 3. The quantitative estimate of drug-likeness (QED) is 0.867. The van der Waals surface area contributed by atoms with Crippen molar-refractivity contribution >= 4 is 5.91 Å². The van der Waals surface area contributed by atoms with E-state index >= 15 is 0 Å². The van der Waals surface area contributed by atoms with Crippen LogP contribution >= 0.6 is 0 Å². The average molecular weight is 333 g/mol. The van der Waals surface area contributed by atoms with Crippen LogP contribution in [0.3, 0.4) is 0 Å². The number of nitrogens with zero attached hydrogens (tertiary/aromatic N) is 3. The lowest BCUT2D eigenvalue weighted by atomic mass is 10.1. The molecule has 1 amide bonds. The maximum absolute atomic E-state index is 13.7. The summed E-state index contributed by atoms with van der Waals surface area (Å²) in [6.45, 7) is 2.73. The predicted octanol–water partition coefficient (Wildman–Crippen LogP) is 2.75. The lowest BCUT2D eigenvalue weighted by Gasteiger charge is -2.32. The van der Waals surface area contributed by atoms with E-state index in [0.717, 1.165) is 17.8 Å². The second-order valence-electron chi connectivity index (χ2n) is 5.75. The smallest absolute Gasteiger partial charge is 0.256 e. The van der Waals surface area contributed by atoms with Crippen LogP contribution in [0.15, 0.2) is 30.3 Å². The summed E-state index contributed by atoms with van der Waals surface area (Å²) >= 11 is 0. The van der Waals surface area contributed by atoms with E-state index in [4.69, 9.17) is 4.74 Å². The van der Waals surface area contributed by atoms with Crippen molar-refractivity contribution in [3.63, 3.8) is 0 Å². The Morgan fingerprint density at radius 2 is 1.92 bits per heavy atom. The molecule has 7 heteroatoms. The SMILES string of the molecule is Cc1ccc(OC2CCN(C(=O)c3ccc(F)cc3F)CC2)nn1. The average Bonchev–Trinajstić information content (AvgIpc) is 2.57. The normalized spacial score (nSPS) is 15.4. The first-order valence-electron chi connectivity index (χ1n) is 7.74.